The average molecular weight is 487 g/mol. The molecule has 0 aromatic heterocycles. The maximum Gasteiger partial charge on any atom is 0.254 e. The molecule has 1 aromatic rings. The van der Waals surface area contributed by atoms with Crippen LogP contribution in [-0.2, 0) is 16.1 Å². The highest BCUT2D eigenvalue weighted by molar-refractivity contribution is 14.0. The van der Waals surface area contributed by atoms with Gasteiger partial charge in [0.1, 0.15) is 0 Å². The van der Waals surface area contributed by atoms with Crippen molar-refractivity contribution < 1.29 is 14.3 Å². The van der Waals surface area contributed by atoms with Gasteiger partial charge in [-0.25, -0.2) is 4.99 Å². The number of piperazine rings is 1. The first kappa shape index (κ1) is 21.4. The summed E-state index contributed by atoms with van der Waals surface area (Å²) in [5.41, 5.74) is 7.61. The highest BCUT2D eigenvalue weighted by atomic mass is 127. The molecule has 0 radical (unpaired) electrons. The van der Waals surface area contributed by atoms with Gasteiger partial charge in [0.2, 0.25) is 5.91 Å². The number of nitrogens with two attached hydrogens (primary N) is 1. The van der Waals surface area contributed by atoms with Gasteiger partial charge in [0.15, 0.2) is 5.96 Å². The van der Waals surface area contributed by atoms with Gasteiger partial charge in [0, 0.05) is 31.7 Å². The fraction of sp³-hybridized carbons (Fsp3) is 0.500. The van der Waals surface area contributed by atoms with Crippen LogP contribution in [0.5, 0.6) is 0 Å². The van der Waals surface area contributed by atoms with Crippen molar-refractivity contribution in [1.82, 2.24) is 15.1 Å². The van der Waals surface area contributed by atoms with Crippen molar-refractivity contribution >= 4 is 41.8 Å². The molecule has 1 unspecified atom stereocenters. The molecular weight excluding hydrogens is 461 g/mol. The number of carbonyl (C=O) groups excluding carboxylic acids is 2. The van der Waals surface area contributed by atoms with Gasteiger partial charge in [-0.1, -0.05) is 12.1 Å². The zero-order valence-electron chi connectivity index (χ0n) is 15.4. The fourth-order valence-corrected chi connectivity index (χ4v) is 3.05. The lowest BCUT2D eigenvalue weighted by Crippen LogP contribution is -2.49. The Labute approximate surface area is 176 Å². The van der Waals surface area contributed by atoms with Crippen LogP contribution >= 0.6 is 24.0 Å². The van der Waals surface area contributed by atoms with Crippen LogP contribution in [0.3, 0.4) is 0 Å². The maximum atomic E-state index is 12.4. The van der Waals surface area contributed by atoms with Crippen molar-refractivity contribution in [2.24, 2.45) is 10.7 Å². The Morgan fingerprint density at radius 3 is 2.70 bits per heavy atom. The van der Waals surface area contributed by atoms with Gasteiger partial charge in [-0.3, -0.25) is 9.59 Å². The minimum absolute atomic E-state index is 0. The second kappa shape index (κ2) is 9.88. The Kier molecular flexibility index (Phi) is 7.84. The lowest BCUT2D eigenvalue weighted by Gasteiger charge is -2.31. The first-order chi connectivity index (χ1) is 12.5. The molecule has 2 heterocycles. The first-order valence-corrected chi connectivity index (χ1v) is 8.84. The van der Waals surface area contributed by atoms with E-state index in [2.05, 4.69) is 10.3 Å². The Bertz CT molecular complexity index is 695. The summed E-state index contributed by atoms with van der Waals surface area (Å²) in [7, 11) is 0. The lowest BCUT2D eigenvalue weighted by atomic mass is 10.1. The van der Waals surface area contributed by atoms with Crippen LogP contribution < -0.4 is 11.1 Å². The van der Waals surface area contributed by atoms with Crippen LogP contribution in [0.2, 0.25) is 0 Å². The summed E-state index contributed by atoms with van der Waals surface area (Å²) in [5.74, 6) is 0.264. The molecule has 2 aliphatic rings. The number of amides is 2. The van der Waals surface area contributed by atoms with E-state index in [0.717, 1.165) is 18.7 Å². The molecule has 3 rings (SSSR count). The molecule has 2 aliphatic heterocycles. The van der Waals surface area contributed by atoms with Crippen molar-refractivity contribution in [1.29, 1.82) is 0 Å². The van der Waals surface area contributed by atoms with Crippen LogP contribution in [0.25, 0.3) is 0 Å². The van der Waals surface area contributed by atoms with Crippen molar-refractivity contribution in [3.05, 3.63) is 35.4 Å². The molecule has 9 heteroatoms. The largest absolute Gasteiger partial charge is 0.375 e. The summed E-state index contributed by atoms with van der Waals surface area (Å²) in [6.45, 7) is 5.76. The van der Waals surface area contributed by atoms with Gasteiger partial charge >= 0.3 is 0 Å². The number of benzene rings is 1. The number of carbonyl (C=O) groups is 2. The van der Waals surface area contributed by atoms with E-state index < -0.39 is 0 Å². The number of rotatable bonds is 3. The maximum absolute atomic E-state index is 12.4. The van der Waals surface area contributed by atoms with E-state index in [0.29, 0.717) is 37.8 Å². The topological polar surface area (TPSA) is 100 Å². The monoisotopic (exact) mass is 487 g/mol. The summed E-state index contributed by atoms with van der Waals surface area (Å²) < 4.78 is 5.50. The minimum Gasteiger partial charge on any atom is -0.375 e. The molecule has 1 atom stereocenters. The molecule has 0 aliphatic carbocycles. The Hall–Kier alpha value is -1.88. The van der Waals surface area contributed by atoms with Gasteiger partial charge in [0.05, 0.1) is 25.8 Å². The molecule has 3 N–H and O–H groups in total. The van der Waals surface area contributed by atoms with Gasteiger partial charge in [-0.2, -0.15) is 0 Å². The van der Waals surface area contributed by atoms with Crippen LogP contribution in [0.4, 0.5) is 0 Å². The number of ether oxygens (including phenoxy) is 1. The van der Waals surface area contributed by atoms with E-state index in [-0.39, 0.29) is 48.4 Å². The van der Waals surface area contributed by atoms with Crippen molar-refractivity contribution in [2.45, 2.75) is 19.6 Å². The summed E-state index contributed by atoms with van der Waals surface area (Å²) in [6.07, 6.45) is 0.152. The standard InChI is InChI=1S/C18H25N5O3.HI/c1-13-11-23(8-9-26-13)18(19)21-10-14-2-4-15(5-3-14)17(25)22-7-6-20-16(24)12-22;/h2-5,13H,6-12H2,1H3,(H2,19,21)(H,20,24);1H. The molecule has 1 aromatic carbocycles. The number of morpholine rings is 1. The highest BCUT2D eigenvalue weighted by Gasteiger charge is 2.22. The quantitative estimate of drug-likeness (QED) is 0.366. The lowest BCUT2D eigenvalue weighted by molar-refractivity contribution is -0.123. The van der Waals surface area contributed by atoms with Crippen LogP contribution in [0.15, 0.2) is 29.3 Å². The van der Waals surface area contributed by atoms with Crippen molar-refractivity contribution in [2.75, 3.05) is 39.3 Å². The molecular formula is C18H26IN5O3. The Morgan fingerprint density at radius 1 is 1.30 bits per heavy atom. The van der Waals surface area contributed by atoms with E-state index in [4.69, 9.17) is 10.5 Å². The summed E-state index contributed by atoms with van der Waals surface area (Å²) in [4.78, 5) is 31.9. The molecule has 2 fully saturated rings. The number of nitrogens with one attached hydrogen (secondary N) is 1. The number of halogens is 1. The molecule has 2 amide bonds. The molecule has 8 nitrogen and oxygen atoms in total. The molecule has 2 saturated heterocycles. The third-order valence-corrected chi connectivity index (χ3v) is 4.52. The van der Waals surface area contributed by atoms with E-state index in [1.54, 1.807) is 17.0 Å². The highest BCUT2D eigenvalue weighted by Crippen LogP contribution is 2.10. The zero-order chi connectivity index (χ0) is 18.5. The molecule has 0 saturated carbocycles. The average Bonchev–Trinajstić information content (AvgIpc) is 2.66. The molecule has 0 bridgehead atoms. The molecule has 0 spiro atoms. The van der Waals surface area contributed by atoms with Gasteiger partial charge in [-0.15, -0.1) is 24.0 Å². The van der Waals surface area contributed by atoms with Gasteiger partial charge in [0.25, 0.3) is 5.91 Å². The minimum atomic E-state index is -0.128. The Balaban J connectivity index is 0.00000261. The van der Waals surface area contributed by atoms with Crippen LogP contribution in [-0.4, -0.2) is 73.0 Å². The summed E-state index contributed by atoms with van der Waals surface area (Å²) >= 11 is 0. The second-order valence-electron chi connectivity index (χ2n) is 6.58. The molecule has 148 valence electrons. The number of guanidine groups is 1. The normalized spacial score (nSPS) is 20.7. The second-order valence-corrected chi connectivity index (χ2v) is 6.58. The van der Waals surface area contributed by atoms with E-state index in [9.17, 15) is 9.59 Å². The third-order valence-electron chi connectivity index (χ3n) is 4.52. The zero-order valence-corrected chi connectivity index (χ0v) is 17.7. The van der Waals surface area contributed by atoms with Crippen LogP contribution in [0.1, 0.15) is 22.8 Å². The molecule has 27 heavy (non-hydrogen) atoms. The predicted octanol–water partition coefficient (Wildman–Crippen LogP) is 0.412. The predicted molar refractivity (Wildman–Crippen MR) is 113 cm³/mol. The summed E-state index contributed by atoms with van der Waals surface area (Å²) in [5, 5.41) is 2.71. The third kappa shape index (κ3) is 5.80. The number of hydrogen-bond acceptors (Lipinski definition) is 4. The SMILES string of the molecule is CC1CN(C(N)=NCc2ccc(C(=O)N3CCNC(=O)C3)cc2)CCO1.I. The van der Waals surface area contributed by atoms with Gasteiger partial charge in [-0.05, 0) is 24.6 Å². The first-order valence-electron chi connectivity index (χ1n) is 8.84. The number of hydrogen-bond donors (Lipinski definition) is 2. The number of aliphatic imine (C=N–C) groups is 1. The van der Waals surface area contributed by atoms with Gasteiger partial charge < -0.3 is 25.6 Å². The Morgan fingerprint density at radius 2 is 2.04 bits per heavy atom. The van der Waals surface area contributed by atoms with Crippen LogP contribution in [0, 0.1) is 0 Å². The van der Waals surface area contributed by atoms with Crippen molar-refractivity contribution in [3.63, 3.8) is 0 Å². The van der Waals surface area contributed by atoms with Crippen molar-refractivity contribution in [3.8, 4) is 0 Å². The van der Waals surface area contributed by atoms with E-state index in [1.807, 2.05) is 24.0 Å². The fourth-order valence-electron chi connectivity index (χ4n) is 3.05. The van der Waals surface area contributed by atoms with E-state index in [1.165, 1.54) is 0 Å². The smallest absolute Gasteiger partial charge is 0.254 e. The van der Waals surface area contributed by atoms with E-state index >= 15 is 0 Å². The number of nitrogens with zero attached hydrogens (tertiary/aromatic N) is 3. The summed E-state index contributed by atoms with van der Waals surface area (Å²) in [6, 6.07) is 7.28.